The molecule has 0 aromatic carbocycles. The maximum absolute atomic E-state index is 12.7. The van der Waals surface area contributed by atoms with Crippen LogP contribution in [0.15, 0.2) is 0 Å². The molecule has 1 rings (SSSR count). The zero-order chi connectivity index (χ0) is 14.6. The van der Waals surface area contributed by atoms with Gasteiger partial charge < -0.3 is 10.5 Å². The molecule has 1 aromatic heterocycles. The molecule has 0 saturated heterocycles. The van der Waals surface area contributed by atoms with Gasteiger partial charge in [-0.15, -0.1) is 5.10 Å². The maximum Gasteiger partial charge on any atom is 0.410 e. The first-order chi connectivity index (χ1) is 8.77. The number of nitrogens with zero attached hydrogens (tertiary/aromatic N) is 3. The van der Waals surface area contributed by atoms with Crippen molar-refractivity contribution in [3.05, 3.63) is 11.4 Å². The first-order valence-corrected chi connectivity index (χ1v) is 5.54. The Morgan fingerprint density at radius 2 is 2.16 bits per heavy atom. The maximum atomic E-state index is 12.7. The van der Waals surface area contributed by atoms with Crippen LogP contribution in [0.1, 0.15) is 24.4 Å². The molecule has 0 spiro atoms. The summed E-state index contributed by atoms with van der Waals surface area (Å²) in [4.78, 5) is 10.9. The van der Waals surface area contributed by atoms with E-state index in [-0.39, 0.29) is 30.8 Å². The van der Waals surface area contributed by atoms with Gasteiger partial charge in [-0.3, -0.25) is 4.79 Å². The lowest BCUT2D eigenvalue weighted by molar-refractivity contribution is -0.166. The van der Waals surface area contributed by atoms with Crippen LogP contribution in [-0.4, -0.2) is 40.8 Å². The van der Waals surface area contributed by atoms with Crippen LogP contribution >= 0.6 is 0 Å². The SMILES string of the molecule is COCCc1c(CC(N)=O)nnn1C(C)C(F)(F)F. The molecule has 2 N–H and O–H groups in total. The molecule has 1 heterocycles. The van der Waals surface area contributed by atoms with Gasteiger partial charge in [-0.25, -0.2) is 4.68 Å². The van der Waals surface area contributed by atoms with Gasteiger partial charge in [0.2, 0.25) is 5.91 Å². The largest absolute Gasteiger partial charge is 0.410 e. The topological polar surface area (TPSA) is 83.0 Å². The van der Waals surface area contributed by atoms with E-state index in [9.17, 15) is 18.0 Å². The lowest BCUT2D eigenvalue weighted by Crippen LogP contribution is -2.27. The number of rotatable bonds is 6. The van der Waals surface area contributed by atoms with Crippen molar-refractivity contribution in [2.24, 2.45) is 5.73 Å². The number of hydrogen-bond donors (Lipinski definition) is 1. The van der Waals surface area contributed by atoms with Crippen molar-refractivity contribution in [2.45, 2.75) is 32.0 Å². The number of aromatic nitrogens is 3. The molecule has 1 atom stereocenters. The minimum absolute atomic E-state index is 0.153. The smallest absolute Gasteiger partial charge is 0.384 e. The molecular weight excluding hydrogens is 265 g/mol. The molecule has 0 saturated carbocycles. The van der Waals surface area contributed by atoms with E-state index in [4.69, 9.17) is 10.5 Å². The fourth-order valence-electron chi connectivity index (χ4n) is 1.56. The number of ether oxygens (including phenoxy) is 1. The highest BCUT2D eigenvalue weighted by molar-refractivity contribution is 5.76. The normalized spacial score (nSPS) is 13.5. The molecule has 1 amide bonds. The van der Waals surface area contributed by atoms with Crippen molar-refractivity contribution in [2.75, 3.05) is 13.7 Å². The van der Waals surface area contributed by atoms with E-state index in [1.165, 1.54) is 7.11 Å². The zero-order valence-electron chi connectivity index (χ0n) is 10.6. The van der Waals surface area contributed by atoms with Crippen molar-refractivity contribution in [1.29, 1.82) is 0 Å². The van der Waals surface area contributed by atoms with E-state index in [1.54, 1.807) is 0 Å². The summed E-state index contributed by atoms with van der Waals surface area (Å²) < 4.78 is 43.7. The van der Waals surface area contributed by atoms with Gasteiger partial charge in [0.05, 0.1) is 24.4 Å². The van der Waals surface area contributed by atoms with Crippen LogP contribution in [-0.2, 0) is 22.4 Å². The highest BCUT2D eigenvalue weighted by Gasteiger charge is 2.39. The van der Waals surface area contributed by atoms with Crippen molar-refractivity contribution < 1.29 is 22.7 Å². The highest BCUT2D eigenvalue weighted by Crippen LogP contribution is 2.30. The molecule has 9 heteroatoms. The summed E-state index contributed by atoms with van der Waals surface area (Å²) in [5.74, 6) is -0.676. The standard InChI is InChI=1S/C10H15F3N4O2/c1-6(10(11,12)13)17-8(3-4-19-2)7(15-16-17)5-9(14)18/h6H,3-5H2,1-2H3,(H2,14,18). The van der Waals surface area contributed by atoms with Crippen LogP contribution in [0.2, 0.25) is 0 Å². The third-order valence-corrected chi connectivity index (χ3v) is 2.60. The van der Waals surface area contributed by atoms with Crippen LogP contribution in [0.4, 0.5) is 13.2 Å². The van der Waals surface area contributed by atoms with E-state index < -0.39 is 18.1 Å². The van der Waals surface area contributed by atoms with Gasteiger partial charge in [0.25, 0.3) is 0 Å². The zero-order valence-corrected chi connectivity index (χ0v) is 10.6. The Labute approximate surface area is 107 Å². The number of halogens is 3. The average molecular weight is 280 g/mol. The minimum Gasteiger partial charge on any atom is -0.384 e. The second kappa shape index (κ2) is 6.00. The second-order valence-electron chi connectivity index (χ2n) is 4.03. The van der Waals surface area contributed by atoms with Gasteiger partial charge in [-0.2, -0.15) is 13.2 Å². The average Bonchev–Trinajstić information content (AvgIpc) is 2.66. The number of primary amides is 1. The molecular formula is C10H15F3N4O2. The molecule has 0 fully saturated rings. The molecule has 108 valence electrons. The number of nitrogens with two attached hydrogens (primary N) is 1. The Balaban J connectivity index is 3.09. The van der Waals surface area contributed by atoms with Gasteiger partial charge in [0.1, 0.15) is 6.04 Å². The first kappa shape index (κ1) is 15.4. The Hall–Kier alpha value is -1.64. The first-order valence-electron chi connectivity index (χ1n) is 5.54. The van der Waals surface area contributed by atoms with Gasteiger partial charge in [0, 0.05) is 13.5 Å². The fraction of sp³-hybridized carbons (Fsp3) is 0.700. The summed E-state index contributed by atoms with van der Waals surface area (Å²) in [7, 11) is 1.43. The molecule has 19 heavy (non-hydrogen) atoms. The second-order valence-corrected chi connectivity index (χ2v) is 4.03. The minimum atomic E-state index is -4.44. The third-order valence-electron chi connectivity index (χ3n) is 2.60. The quantitative estimate of drug-likeness (QED) is 0.828. The summed E-state index contributed by atoms with van der Waals surface area (Å²) in [6.07, 6.45) is -4.52. The van der Waals surface area contributed by atoms with Crippen LogP contribution < -0.4 is 5.73 Å². The van der Waals surface area contributed by atoms with Crippen LogP contribution in [0, 0.1) is 0 Å². The predicted octanol–water partition coefficient (Wildman–Crippen LogP) is 0.618. The number of hydrogen-bond acceptors (Lipinski definition) is 4. The van der Waals surface area contributed by atoms with Gasteiger partial charge >= 0.3 is 6.18 Å². The molecule has 6 nitrogen and oxygen atoms in total. The number of alkyl halides is 3. The van der Waals surface area contributed by atoms with Crippen LogP contribution in [0.3, 0.4) is 0 Å². The van der Waals surface area contributed by atoms with E-state index in [0.717, 1.165) is 11.6 Å². The van der Waals surface area contributed by atoms with Crippen molar-refractivity contribution >= 4 is 5.91 Å². The van der Waals surface area contributed by atoms with Crippen LogP contribution in [0.5, 0.6) is 0 Å². The van der Waals surface area contributed by atoms with E-state index in [0.29, 0.717) is 0 Å². The molecule has 0 bridgehead atoms. The van der Waals surface area contributed by atoms with E-state index in [1.807, 2.05) is 0 Å². The summed E-state index contributed by atoms with van der Waals surface area (Å²) in [5, 5.41) is 7.07. The summed E-state index contributed by atoms with van der Waals surface area (Å²) >= 11 is 0. The molecule has 1 aromatic rings. The molecule has 0 aliphatic heterocycles. The number of carbonyl (C=O) groups is 1. The Morgan fingerprint density at radius 1 is 1.53 bits per heavy atom. The number of amides is 1. The molecule has 0 radical (unpaired) electrons. The highest BCUT2D eigenvalue weighted by atomic mass is 19.4. The third kappa shape index (κ3) is 3.91. The van der Waals surface area contributed by atoms with Crippen LogP contribution in [0.25, 0.3) is 0 Å². The Kier molecular flexibility index (Phi) is 4.87. The van der Waals surface area contributed by atoms with Crippen molar-refractivity contribution in [3.8, 4) is 0 Å². The van der Waals surface area contributed by atoms with Crippen molar-refractivity contribution in [1.82, 2.24) is 15.0 Å². The lowest BCUT2D eigenvalue weighted by Gasteiger charge is -2.18. The molecule has 0 aliphatic carbocycles. The Bertz CT molecular complexity index is 444. The Morgan fingerprint density at radius 3 is 2.63 bits per heavy atom. The summed E-state index contributed by atoms with van der Waals surface area (Å²) in [5.41, 5.74) is 5.39. The van der Waals surface area contributed by atoms with Gasteiger partial charge in [-0.05, 0) is 6.92 Å². The molecule has 1 unspecified atom stereocenters. The van der Waals surface area contributed by atoms with Gasteiger partial charge in [-0.1, -0.05) is 5.21 Å². The summed E-state index contributed by atoms with van der Waals surface area (Å²) in [6, 6.07) is -1.83. The van der Waals surface area contributed by atoms with E-state index >= 15 is 0 Å². The van der Waals surface area contributed by atoms with Crippen molar-refractivity contribution in [3.63, 3.8) is 0 Å². The van der Waals surface area contributed by atoms with E-state index in [2.05, 4.69) is 10.3 Å². The number of carbonyl (C=O) groups excluding carboxylic acids is 1. The summed E-state index contributed by atoms with van der Waals surface area (Å²) in [6.45, 7) is 1.17. The monoisotopic (exact) mass is 280 g/mol. The fourth-order valence-corrected chi connectivity index (χ4v) is 1.56. The number of methoxy groups -OCH3 is 1. The molecule has 0 aliphatic rings. The predicted molar refractivity (Wildman–Crippen MR) is 59.3 cm³/mol. The van der Waals surface area contributed by atoms with Gasteiger partial charge in [0.15, 0.2) is 0 Å². The lowest BCUT2D eigenvalue weighted by atomic mass is 10.2.